The van der Waals surface area contributed by atoms with Gasteiger partial charge in [-0.15, -0.1) is 0 Å². The monoisotopic (exact) mass is 612 g/mol. The highest BCUT2D eigenvalue weighted by molar-refractivity contribution is 5.59. The van der Waals surface area contributed by atoms with Crippen molar-refractivity contribution in [3.05, 3.63) is 135 Å². The summed E-state index contributed by atoms with van der Waals surface area (Å²) in [5.74, 6) is 0.0301. The van der Waals surface area contributed by atoms with Crippen LogP contribution in [0.1, 0.15) is 22.5 Å². The Hall–Kier alpha value is -6.12. The summed E-state index contributed by atoms with van der Waals surface area (Å²) in [7, 11) is 0. The zero-order valence-electron chi connectivity index (χ0n) is 23.3. The van der Waals surface area contributed by atoms with Crippen LogP contribution in [0.3, 0.4) is 0 Å². The first kappa shape index (κ1) is 29.0. The first-order valence-electron chi connectivity index (χ1n) is 13.4. The largest absolute Gasteiger partial charge is 0.433 e. The van der Waals surface area contributed by atoms with Gasteiger partial charge in [0.25, 0.3) is 0 Å². The Morgan fingerprint density at radius 1 is 0.733 bits per heavy atom. The van der Waals surface area contributed by atoms with Crippen molar-refractivity contribution >= 4 is 11.6 Å². The summed E-state index contributed by atoms with van der Waals surface area (Å²) in [4.78, 5) is 40.0. The van der Waals surface area contributed by atoms with Gasteiger partial charge in [0.1, 0.15) is 17.3 Å². The van der Waals surface area contributed by atoms with Gasteiger partial charge >= 0.3 is 17.6 Å². The molecule has 0 atom stereocenters. The summed E-state index contributed by atoms with van der Waals surface area (Å²) in [6.07, 6.45) is 1.55. The van der Waals surface area contributed by atoms with Crippen molar-refractivity contribution in [2.45, 2.75) is 19.1 Å². The van der Waals surface area contributed by atoms with Gasteiger partial charge in [0.15, 0.2) is 5.82 Å². The number of halogens is 3. The molecule has 0 saturated carbocycles. The number of aromatic nitrogens is 8. The van der Waals surface area contributed by atoms with Crippen LogP contribution in [-0.2, 0) is 19.1 Å². The molecule has 0 spiro atoms. The van der Waals surface area contributed by atoms with Crippen LogP contribution in [0.5, 0.6) is 0 Å². The molecule has 2 aromatic carbocycles. The van der Waals surface area contributed by atoms with Gasteiger partial charge in [-0.1, -0.05) is 36.4 Å². The number of hydrogen-bond donors (Lipinski definition) is 2. The number of alkyl halides is 3. The van der Waals surface area contributed by atoms with E-state index in [-0.39, 0.29) is 35.1 Å². The Morgan fingerprint density at radius 2 is 1.38 bits per heavy atom. The van der Waals surface area contributed by atoms with Gasteiger partial charge in [-0.3, -0.25) is 13.8 Å². The van der Waals surface area contributed by atoms with Gasteiger partial charge < -0.3 is 11.5 Å². The van der Waals surface area contributed by atoms with Gasteiger partial charge in [0.05, 0.1) is 24.1 Å². The van der Waals surface area contributed by atoms with E-state index in [9.17, 15) is 22.8 Å². The van der Waals surface area contributed by atoms with Gasteiger partial charge in [-0.2, -0.15) is 28.2 Å². The van der Waals surface area contributed by atoms with E-state index in [1.54, 1.807) is 41.2 Å². The average molecular weight is 613 g/mol. The average Bonchev–Trinajstić information content (AvgIpc) is 3.45. The van der Waals surface area contributed by atoms with Crippen LogP contribution < -0.4 is 22.8 Å². The molecule has 12 nitrogen and oxygen atoms in total. The quantitative estimate of drug-likeness (QED) is 0.275. The fourth-order valence-corrected chi connectivity index (χ4v) is 4.60. The molecule has 0 aliphatic carbocycles. The van der Waals surface area contributed by atoms with Crippen molar-refractivity contribution in [2.24, 2.45) is 0 Å². The molecule has 226 valence electrons. The van der Waals surface area contributed by atoms with E-state index in [1.807, 2.05) is 12.1 Å². The van der Waals surface area contributed by atoms with E-state index in [0.717, 1.165) is 17.2 Å². The molecule has 0 saturated heterocycles. The highest BCUT2D eigenvalue weighted by atomic mass is 19.4. The van der Waals surface area contributed by atoms with E-state index in [0.29, 0.717) is 17.9 Å². The van der Waals surface area contributed by atoms with Crippen molar-refractivity contribution in [3.63, 3.8) is 0 Å². The number of hydrogen-bond acceptors (Lipinski definition) is 9. The maximum absolute atomic E-state index is 13.9. The van der Waals surface area contributed by atoms with Crippen molar-refractivity contribution in [3.8, 4) is 22.8 Å². The summed E-state index contributed by atoms with van der Waals surface area (Å²) in [5.41, 5.74) is 11.8. The Morgan fingerprint density at radius 3 is 2.02 bits per heavy atom. The molecule has 4 N–H and O–H groups in total. The predicted molar refractivity (Wildman–Crippen MR) is 159 cm³/mol. The molecule has 6 rings (SSSR count). The lowest BCUT2D eigenvalue weighted by Crippen LogP contribution is -2.21. The number of anilines is 2. The second kappa shape index (κ2) is 11.5. The van der Waals surface area contributed by atoms with Crippen molar-refractivity contribution < 1.29 is 13.2 Å². The van der Waals surface area contributed by atoms with Crippen LogP contribution in [0.4, 0.5) is 24.8 Å². The third-order valence-corrected chi connectivity index (χ3v) is 6.75. The van der Waals surface area contributed by atoms with Gasteiger partial charge in [0.2, 0.25) is 0 Å². The van der Waals surface area contributed by atoms with E-state index in [1.165, 1.54) is 45.9 Å². The van der Waals surface area contributed by atoms with Crippen LogP contribution in [0, 0.1) is 0 Å². The zero-order chi connectivity index (χ0) is 31.7. The van der Waals surface area contributed by atoms with Crippen molar-refractivity contribution in [1.29, 1.82) is 0 Å². The molecule has 0 aliphatic heterocycles. The van der Waals surface area contributed by atoms with Crippen LogP contribution in [-0.4, -0.2) is 38.9 Å². The minimum Gasteiger partial charge on any atom is -0.383 e. The molecule has 0 aliphatic rings. The van der Waals surface area contributed by atoms with Crippen molar-refractivity contribution in [2.75, 3.05) is 11.5 Å². The Kier molecular flexibility index (Phi) is 7.42. The Bertz CT molecular complexity index is 2140. The smallest absolute Gasteiger partial charge is 0.383 e. The predicted octanol–water partition coefficient (Wildman–Crippen LogP) is 3.25. The van der Waals surface area contributed by atoms with Crippen LogP contribution in [0.2, 0.25) is 0 Å². The molecule has 0 bridgehead atoms. The molecule has 0 fully saturated rings. The lowest BCUT2D eigenvalue weighted by Gasteiger charge is -2.12. The first-order valence-corrected chi connectivity index (χ1v) is 13.4. The molecule has 45 heavy (non-hydrogen) atoms. The third kappa shape index (κ3) is 6.46. The van der Waals surface area contributed by atoms with Crippen LogP contribution in [0.25, 0.3) is 22.8 Å². The minimum absolute atomic E-state index is 0.0481. The third-order valence-electron chi connectivity index (χ3n) is 6.75. The van der Waals surface area contributed by atoms with Gasteiger partial charge in [-0.05, 0) is 41.5 Å². The number of nitrogens with zero attached hydrogens (tertiary/aromatic N) is 8. The topological polar surface area (TPSA) is 165 Å². The lowest BCUT2D eigenvalue weighted by molar-refractivity contribution is -0.141. The molecule has 0 unspecified atom stereocenters. The molecule has 6 aromatic rings. The summed E-state index contributed by atoms with van der Waals surface area (Å²) in [5, 5.41) is 4.29. The number of nitrogen functional groups attached to an aromatic ring is 2. The highest BCUT2D eigenvalue weighted by Gasteiger charge is 2.33. The number of benzene rings is 2. The van der Waals surface area contributed by atoms with E-state index >= 15 is 0 Å². The fraction of sp³-hybridized carbons (Fsp3) is 0.100. The van der Waals surface area contributed by atoms with E-state index in [4.69, 9.17) is 11.5 Å². The molecule has 4 heterocycles. The van der Waals surface area contributed by atoms with Crippen LogP contribution >= 0.6 is 0 Å². The second-order valence-corrected chi connectivity index (χ2v) is 10.0. The normalized spacial score (nSPS) is 11.5. The molecular weight excluding hydrogens is 589 g/mol. The molecule has 0 amide bonds. The summed E-state index contributed by atoms with van der Waals surface area (Å²) < 4.78 is 45.7. The lowest BCUT2D eigenvalue weighted by atomic mass is 10.1. The zero-order valence-corrected chi connectivity index (χ0v) is 23.3. The molecule has 4 aromatic heterocycles. The number of rotatable bonds is 7. The summed E-state index contributed by atoms with van der Waals surface area (Å²) >= 11 is 0. The van der Waals surface area contributed by atoms with Crippen LogP contribution in [0.15, 0.2) is 101 Å². The maximum atomic E-state index is 13.9. The SMILES string of the molecule is Nc1ccn(-c2cccc(-c3nc(Cc4ccc(Cn5cc(-n6ccc(N)nc6=O)cn5)cc4)cc(C(F)(F)F)n3)c2)c(=O)n1. The first-order chi connectivity index (χ1) is 21.5. The fourth-order valence-electron chi connectivity index (χ4n) is 4.60. The second-order valence-electron chi connectivity index (χ2n) is 10.0. The van der Waals surface area contributed by atoms with Gasteiger partial charge in [0, 0.05) is 36.3 Å². The standard InChI is InChI=1S/C30H23F3N10O2/c31-30(32,33)24-14-21(37-27(38-24)20-2-1-3-22(13-20)42-10-8-25(34)39-28(42)44)12-18-4-6-19(7-5-18)16-41-17-23(15-36-41)43-11-9-26(35)40-29(43)45/h1-11,13-15,17H,12,16H2,(H2,34,39,44)(H2,35,40,45). The maximum Gasteiger partial charge on any atom is 0.433 e. The summed E-state index contributed by atoms with van der Waals surface area (Å²) in [6.45, 7) is 0.385. The molecule has 15 heteroatoms. The Balaban J connectivity index is 1.24. The Labute approximate surface area is 252 Å². The van der Waals surface area contributed by atoms with E-state index in [2.05, 4.69) is 25.0 Å². The summed E-state index contributed by atoms with van der Waals surface area (Å²) in [6, 6.07) is 17.4. The van der Waals surface area contributed by atoms with Crippen molar-refractivity contribution in [1.82, 2.24) is 38.9 Å². The van der Waals surface area contributed by atoms with E-state index < -0.39 is 23.2 Å². The highest BCUT2D eigenvalue weighted by Crippen LogP contribution is 2.30. The molecular formula is C30H23F3N10O2. The number of nitrogens with two attached hydrogens (primary N) is 2. The molecule has 0 radical (unpaired) electrons. The minimum atomic E-state index is -4.71. The van der Waals surface area contributed by atoms with Gasteiger partial charge in [-0.25, -0.2) is 19.6 Å².